The zero-order valence-electron chi connectivity index (χ0n) is 14.4. The Morgan fingerprint density at radius 2 is 1.96 bits per heavy atom. The molecule has 1 fully saturated rings. The van der Waals surface area contributed by atoms with Crippen LogP contribution in [-0.4, -0.2) is 43.7 Å². The topological polar surface area (TPSA) is 99.7 Å². The zero-order valence-corrected chi connectivity index (χ0v) is 14.4. The van der Waals surface area contributed by atoms with Gasteiger partial charge in [0.05, 0.1) is 18.1 Å². The number of aromatic nitrogens is 5. The van der Waals surface area contributed by atoms with E-state index in [1.54, 1.807) is 0 Å². The van der Waals surface area contributed by atoms with Gasteiger partial charge in [-0.2, -0.15) is 5.10 Å². The number of hydrogen-bond acceptors (Lipinski definition) is 5. The summed E-state index contributed by atoms with van der Waals surface area (Å²) in [6.07, 6.45) is 3.37. The van der Waals surface area contributed by atoms with E-state index in [9.17, 15) is 22.8 Å². The van der Waals surface area contributed by atoms with Gasteiger partial charge in [-0.25, -0.2) is 27.6 Å². The molecule has 0 bridgehead atoms. The molecule has 0 amide bonds. The highest BCUT2D eigenvalue weighted by Gasteiger charge is 2.54. The minimum atomic E-state index is -2.94. The molecule has 3 aromatic heterocycles. The Kier molecular flexibility index (Phi) is 3.49. The third-order valence-corrected chi connectivity index (χ3v) is 4.79. The number of fused-ring (bicyclic) bond motifs is 1. The predicted octanol–water partition coefficient (Wildman–Crippen LogP) is 1.42. The molecule has 1 saturated heterocycles. The van der Waals surface area contributed by atoms with Crippen molar-refractivity contribution in [3.63, 3.8) is 0 Å². The molecule has 8 nitrogen and oxygen atoms in total. The second-order valence-electron chi connectivity index (χ2n) is 7.17. The van der Waals surface area contributed by atoms with Crippen molar-refractivity contribution in [1.82, 2.24) is 24.7 Å². The van der Waals surface area contributed by atoms with E-state index in [1.165, 1.54) is 24.9 Å². The third kappa shape index (κ3) is 2.61. The fourth-order valence-corrected chi connectivity index (χ4v) is 3.16. The van der Waals surface area contributed by atoms with Crippen LogP contribution in [0.2, 0.25) is 0 Å². The number of nitrogens with zero attached hydrogens (tertiary/aromatic N) is 4. The Labute approximate surface area is 149 Å². The van der Waals surface area contributed by atoms with Crippen molar-refractivity contribution in [2.45, 2.75) is 19.8 Å². The lowest BCUT2D eigenvalue weighted by atomic mass is 9.89. The highest BCUT2D eigenvalue weighted by Crippen LogP contribution is 2.45. The summed E-state index contributed by atoms with van der Waals surface area (Å²) in [6.45, 7) is 2.38. The summed E-state index contributed by atoms with van der Waals surface area (Å²) in [5, 5.41) is 4.21. The number of rotatable bonds is 2. The first-order valence-electron chi connectivity index (χ1n) is 8.08. The van der Waals surface area contributed by atoms with E-state index >= 15 is 0 Å². The summed E-state index contributed by atoms with van der Waals surface area (Å²) in [5.41, 5.74) is -2.87. The second kappa shape index (κ2) is 5.44. The molecular weight excluding hydrogens is 365 g/mol. The highest BCUT2D eigenvalue weighted by atomic mass is 19.3. The first kappa shape index (κ1) is 17.3. The quantitative estimate of drug-likeness (QED) is 0.701. The number of anilines is 1. The molecule has 0 aromatic carbocycles. The Bertz CT molecular complexity index is 1150. The van der Waals surface area contributed by atoms with Crippen LogP contribution in [0.1, 0.15) is 13.8 Å². The number of aromatic amines is 2. The van der Waals surface area contributed by atoms with Gasteiger partial charge in [-0.05, 0) is 0 Å². The lowest BCUT2D eigenvalue weighted by molar-refractivity contribution is -0.0642. The van der Waals surface area contributed by atoms with Crippen LogP contribution in [0, 0.1) is 11.2 Å². The van der Waals surface area contributed by atoms with Crippen LogP contribution >= 0.6 is 0 Å². The number of H-pyrrole nitrogens is 2. The van der Waals surface area contributed by atoms with Gasteiger partial charge in [-0.1, -0.05) is 13.8 Å². The Morgan fingerprint density at radius 1 is 1.22 bits per heavy atom. The van der Waals surface area contributed by atoms with E-state index in [0.29, 0.717) is 0 Å². The predicted molar refractivity (Wildman–Crippen MR) is 91.0 cm³/mol. The van der Waals surface area contributed by atoms with Crippen LogP contribution < -0.4 is 16.1 Å². The number of halogens is 3. The molecule has 0 aliphatic carbocycles. The van der Waals surface area contributed by atoms with Gasteiger partial charge in [0, 0.05) is 24.4 Å². The number of nitrogens with one attached hydrogen (secondary N) is 2. The molecule has 0 radical (unpaired) electrons. The molecule has 4 heterocycles. The molecule has 0 unspecified atom stereocenters. The Morgan fingerprint density at radius 3 is 2.59 bits per heavy atom. The van der Waals surface area contributed by atoms with E-state index in [-0.39, 0.29) is 29.0 Å². The average Bonchev–Trinajstić information content (AvgIpc) is 3.07. The van der Waals surface area contributed by atoms with E-state index in [0.717, 1.165) is 17.1 Å². The van der Waals surface area contributed by atoms with Crippen molar-refractivity contribution in [2.75, 3.05) is 18.0 Å². The Balaban J connectivity index is 1.87. The molecule has 0 atom stereocenters. The minimum Gasteiger partial charge on any atom is -0.349 e. The minimum absolute atomic E-state index is 0.0259. The van der Waals surface area contributed by atoms with Gasteiger partial charge in [-0.15, -0.1) is 0 Å². The summed E-state index contributed by atoms with van der Waals surface area (Å²) in [6, 6.07) is 0. The maximum Gasteiger partial charge on any atom is 0.325 e. The SMILES string of the molecule is CC1(C)CN(c2ncc(F)c3nn(-c4c[nH]c(=O)[nH]c4=O)cc23)CC1(F)F. The molecule has 142 valence electrons. The number of alkyl halides is 2. The van der Waals surface area contributed by atoms with Crippen LogP contribution in [0.4, 0.5) is 19.0 Å². The lowest BCUT2D eigenvalue weighted by Crippen LogP contribution is -2.34. The molecule has 11 heteroatoms. The maximum atomic E-state index is 14.3. The fourth-order valence-electron chi connectivity index (χ4n) is 3.16. The smallest absolute Gasteiger partial charge is 0.325 e. The van der Waals surface area contributed by atoms with Gasteiger partial charge in [0.15, 0.2) is 5.82 Å². The number of pyridine rings is 1. The van der Waals surface area contributed by atoms with E-state index < -0.39 is 34.9 Å². The normalized spacial score (nSPS) is 18.3. The first-order chi connectivity index (χ1) is 12.6. The van der Waals surface area contributed by atoms with Gasteiger partial charge >= 0.3 is 5.69 Å². The van der Waals surface area contributed by atoms with Crippen molar-refractivity contribution in [3.8, 4) is 5.69 Å². The van der Waals surface area contributed by atoms with Crippen LogP contribution in [0.15, 0.2) is 28.2 Å². The standard InChI is InChI=1S/C16H15F3N6O2/c1-15(2)6-24(7-16(15,18)19)12-8-5-25(23-11(8)9(17)3-20-12)10-4-21-14(27)22-13(10)26/h3-5H,6-7H2,1-2H3,(H2,21,22,26,27). The van der Waals surface area contributed by atoms with E-state index in [4.69, 9.17) is 0 Å². The van der Waals surface area contributed by atoms with Crippen LogP contribution in [0.3, 0.4) is 0 Å². The molecule has 0 saturated carbocycles. The fraction of sp³-hybridized carbons (Fsp3) is 0.375. The molecular formula is C16H15F3N6O2. The average molecular weight is 380 g/mol. The van der Waals surface area contributed by atoms with Crippen molar-refractivity contribution in [3.05, 3.63) is 45.2 Å². The van der Waals surface area contributed by atoms with Crippen molar-refractivity contribution in [2.24, 2.45) is 5.41 Å². The van der Waals surface area contributed by atoms with Crippen molar-refractivity contribution < 1.29 is 13.2 Å². The molecule has 2 N–H and O–H groups in total. The Hall–Kier alpha value is -3.11. The largest absolute Gasteiger partial charge is 0.349 e. The lowest BCUT2D eigenvalue weighted by Gasteiger charge is -2.24. The van der Waals surface area contributed by atoms with Gasteiger partial charge < -0.3 is 9.88 Å². The highest BCUT2D eigenvalue weighted by molar-refractivity contribution is 5.90. The summed E-state index contributed by atoms with van der Waals surface area (Å²) >= 11 is 0. The second-order valence-corrected chi connectivity index (χ2v) is 7.17. The summed E-state index contributed by atoms with van der Waals surface area (Å²) in [4.78, 5) is 32.8. The van der Waals surface area contributed by atoms with Gasteiger partial charge in [0.1, 0.15) is 17.0 Å². The van der Waals surface area contributed by atoms with Crippen molar-refractivity contribution >= 4 is 16.7 Å². The first-order valence-corrected chi connectivity index (χ1v) is 8.08. The van der Waals surface area contributed by atoms with Gasteiger partial charge in [0.2, 0.25) is 0 Å². The van der Waals surface area contributed by atoms with Gasteiger partial charge in [0.25, 0.3) is 11.5 Å². The molecule has 4 rings (SSSR count). The summed E-state index contributed by atoms with van der Waals surface area (Å²) in [7, 11) is 0. The number of hydrogen-bond donors (Lipinski definition) is 2. The molecule has 1 aliphatic heterocycles. The van der Waals surface area contributed by atoms with Crippen LogP contribution in [0.5, 0.6) is 0 Å². The monoisotopic (exact) mass is 380 g/mol. The molecule has 0 spiro atoms. The summed E-state index contributed by atoms with van der Waals surface area (Å²) < 4.78 is 43.8. The molecule has 27 heavy (non-hydrogen) atoms. The third-order valence-electron chi connectivity index (χ3n) is 4.79. The maximum absolute atomic E-state index is 14.3. The zero-order chi connectivity index (χ0) is 19.6. The molecule has 3 aromatic rings. The van der Waals surface area contributed by atoms with Crippen molar-refractivity contribution in [1.29, 1.82) is 0 Å². The van der Waals surface area contributed by atoms with E-state index in [1.807, 2.05) is 4.98 Å². The van der Waals surface area contributed by atoms with E-state index in [2.05, 4.69) is 15.1 Å². The van der Waals surface area contributed by atoms with Crippen LogP contribution in [-0.2, 0) is 0 Å². The van der Waals surface area contributed by atoms with Crippen LogP contribution in [0.25, 0.3) is 16.6 Å². The summed E-state index contributed by atoms with van der Waals surface area (Å²) in [5.74, 6) is -3.54. The van der Waals surface area contributed by atoms with Gasteiger partial charge in [-0.3, -0.25) is 9.78 Å². The molecule has 1 aliphatic rings.